The van der Waals surface area contributed by atoms with Crippen LogP contribution < -0.4 is 10.7 Å². The van der Waals surface area contributed by atoms with E-state index in [0.29, 0.717) is 10.7 Å². The molecule has 0 radical (unpaired) electrons. The van der Waals surface area contributed by atoms with Crippen LogP contribution >= 0.6 is 11.6 Å². The average molecular weight is 461 g/mol. The first-order valence-electron chi connectivity index (χ1n) is 9.31. The minimum absolute atomic E-state index is 0.192. The van der Waals surface area contributed by atoms with Crippen molar-refractivity contribution in [3.63, 3.8) is 0 Å². The number of esters is 1. The molecule has 11 nitrogen and oxygen atoms in total. The topological polar surface area (TPSA) is 148 Å². The van der Waals surface area contributed by atoms with Crippen molar-refractivity contribution in [1.82, 2.24) is 10.4 Å². The zero-order chi connectivity index (χ0) is 23.3. The number of carbonyl (C=O) groups is 4. The van der Waals surface area contributed by atoms with E-state index in [-0.39, 0.29) is 18.5 Å². The maximum absolute atomic E-state index is 12.4. The molecule has 1 saturated heterocycles. The van der Waals surface area contributed by atoms with Crippen LogP contribution in [0.2, 0.25) is 5.02 Å². The van der Waals surface area contributed by atoms with Crippen molar-refractivity contribution in [2.75, 3.05) is 18.5 Å². The van der Waals surface area contributed by atoms with Crippen LogP contribution in [-0.2, 0) is 19.1 Å². The fourth-order valence-electron chi connectivity index (χ4n) is 2.97. The van der Waals surface area contributed by atoms with Gasteiger partial charge in [-0.1, -0.05) is 23.7 Å². The number of nitro groups is 1. The summed E-state index contributed by atoms with van der Waals surface area (Å²) in [4.78, 5) is 59.1. The van der Waals surface area contributed by atoms with Crippen LogP contribution in [-0.4, -0.2) is 46.8 Å². The van der Waals surface area contributed by atoms with Crippen LogP contribution in [0.5, 0.6) is 0 Å². The van der Waals surface area contributed by atoms with Crippen LogP contribution in [0.1, 0.15) is 16.8 Å². The van der Waals surface area contributed by atoms with Crippen molar-refractivity contribution in [2.45, 2.75) is 6.42 Å². The van der Waals surface area contributed by atoms with Gasteiger partial charge in [0.2, 0.25) is 5.91 Å². The van der Waals surface area contributed by atoms with Gasteiger partial charge in [-0.05, 0) is 30.3 Å². The second-order valence-corrected chi connectivity index (χ2v) is 7.22. The van der Waals surface area contributed by atoms with Crippen molar-refractivity contribution < 1.29 is 28.8 Å². The lowest BCUT2D eigenvalue weighted by Crippen LogP contribution is -2.43. The summed E-state index contributed by atoms with van der Waals surface area (Å²) in [6.07, 6.45) is -0.241. The smallest absolute Gasteiger partial charge is 0.311 e. The van der Waals surface area contributed by atoms with Crippen molar-refractivity contribution >= 4 is 46.7 Å². The number of para-hydroxylation sites is 1. The van der Waals surface area contributed by atoms with Gasteiger partial charge in [-0.2, -0.15) is 0 Å². The molecular weight excluding hydrogens is 444 g/mol. The molecule has 166 valence electrons. The summed E-state index contributed by atoms with van der Waals surface area (Å²) in [5.74, 6) is -3.69. The SMILES string of the molecule is O=C(COC(=O)[C@H]1CC(=O)N(NC(=O)c2ccccc2[N+](=O)[O-])C1)Nc1ccc(Cl)cc1. The molecule has 1 fully saturated rings. The Kier molecular flexibility index (Phi) is 7.00. The molecule has 0 aromatic heterocycles. The molecule has 0 spiro atoms. The quantitative estimate of drug-likeness (QED) is 0.364. The zero-order valence-corrected chi connectivity index (χ0v) is 17.2. The Morgan fingerprint density at radius 2 is 1.84 bits per heavy atom. The summed E-state index contributed by atoms with van der Waals surface area (Å²) in [6.45, 7) is -0.752. The van der Waals surface area contributed by atoms with Crippen LogP contribution in [0, 0.1) is 16.0 Å². The van der Waals surface area contributed by atoms with E-state index < -0.39 is 46.8 Å². The number of amides is 3. The fraction of sp³-hybridized carbons (Fsp3) is 0.200. The van der Waals surface area contributed by atoms with E-state index in [9.17, 15) is 29.3 Å². The monoisotopic (exact) mass is 460 g/mol. The van der Waals surface area contributed by atoms with Gasteiger partial charge in [0.25, 0.3) is 17.5 Å². The average Bonchev–Trinajstić information content (AvgIpc) is 3.13. The number of hydrazine groups is 1. The summed E-state index contributed by atoms with van der Waals surface area (Å²) in [6, 6.07) is 11.6. The van der Waals surface area contributed by atoms with Crippen LogP contribution in [0.15, 0.2) is 48.5 Å². The number of nitrogens with zero attached hydrogens (tertiary/aromatic N) is 2. The summed E-state index contributed by atoms with van der Waals surface area (Å²) in [7, 11) is 0. The molecule has 12 heteroatoms. The van der Waals surface area contributed by atoms with Crippen molar-refractivity contribution in [1.29, 1.82) is 0 Å². The minimum atomic E-state index is -0.906. The Bertz CT molecular complexity index is 1070. The van der Waals surface area contributed by atoms with Crippen LogP contribution in [0.4, 0.5) is 11.4 Å². The first kappa shape index (κ1) is 22.7. The third kappa shape index (κ3) is 5.58. The Balaban J connectivity index is 1.52. The second kappa shape index (κ2) is 9.88. The maximum Gasteiger partial charge on any atom is 0.311 e. The first-order chi connectivity index (χ1) is 15.2. The van der Waals surface area contributed by atoms with Gasteiger partial charge in [-0.3, -0.25) is 39.7 Å². The molecule has 3 amide bonds. The van der Waals surface area contributed by atoms with Gasteiger partial charge in [0.05, 0.1) is 17.4 Å². The lowest BCUT2D eigenvalue weighted by Gasteiger charge is -2.17. The lowest BCUT2D eigenvalue weighted by molar-refractivity contribution is -0.385. The van der Waals surface area contributed by atoms with Gasteiger partial charge in [0.1, 0.15) is 5.56 Å². The molecule has 2 aromatic rings. The molecule has 0 saturated carbocycles. The van der Waals surface area contributed by atoms with E-state index in [2.05, 4.69) is 10.7 Å². The van der Waals surface area contributed by atoms with E-state index in [1.165, 1.54) is 18.2 Å². The van der Waals surface area contributed by atoms with Gasteiger partial charge in [0.15, 0.2) is 6.61 Å². The third-order valence-corrected chi connectivity index (χ3v) is 4.77. The number of nitrogens with one attached hydrogen (secondary N) is 2. The molecule has 3 rings (SSSR count). The number of hydrogen-bond acceptors (Lipinski definition) is 7. The number of nitro benzene ring substituents is 1. The Morgan fingerprint density at radius 1 is 1.16 bits per heavy atom. The van der Waals surface area contributed by atoms with Gasteiger partial charge in [0, 0.05) is 23.2 Å². The minimum Gasteiger partial charge on any atom is -0.455 e. The summed E-state index contributed by atoms with van der Waals surface area (Å²) in [5, 5.41) is 15.0. The summed E-state index contributed by atoms with van der Waals surface area (Å²) >= 11 is 5.77. The fourth-order valence-corrected chi connectivity index (χ4v) is 3.09. The van der Waals surface area contributed by atoms with Crippen molar-refractivity contribution in [2.24, 2.45) is 5.92 Å². The van der Waals surface area contributed by atoms with Gasteiger partial charge in [-0.25, -0.2) is 0 Å². The highest BCUT2D eigenvalue weighted by atomic mass is 35.5. The van der Waals surface area contributed by atoms with E-state index in [1.807, 2.05) is 0 Å². The number of hydrogen-bond donors (Lipinski definition) is 2. The largest absolute Gasteiger partial charge is 0.455 e. The first-order valence-corrected chi connectivity index (χ1v) is 9.69. The van der Waals surface area contributed by atoms with E-state index in [4.69, 9.17) is 16.3 Å². The third-order valence-electron chi connectivity index (χ3n) is 4.51. The molecule has 0 aliphatic carbocycles. The number of anilines is 1. The van der Waals surface area contributed by atoms with Crippen LogP contribution in [0.25, 0.3) is 0 Å². The zero-order valence-electron chi connectivity index (χ0n) is 16.4. The van der Waals surface area contributed by atoms with Gasteiger partial charge < -0.3 is 10.1 Å². The van der Waals surface area contributed by atoms with Gasteiger partial charge >= 0.3 is 5.97 Å². The number of halogens is 1. The molecule has 1 atom stereocenters. The van der Waals surface area contributed by atoms with Crippen molar-refractivity contribution in [3.05, 3.63) is 69.2 Å². The predicted octanol–water partition coefficient (Wildman–Crippen LogP) is 1.92. The number of ether oxygens (including phenoxy) is 1. The van der Waals surface area contributed by atoms with E-state index >= 15 is 0 Å². The molecule has 32 heavy (non-hydrogen) atoms. The highest BCUT2D eigenvalue weighted by molar-refractivity contribution is 6.30. The number of benzene rings is 2. The Labute approximate surface area is 186 Å². The Hall–Kier alpha value is -3.99. The highest BCUT2D eigenvalue weighted by Gasteiger charge is 2.37. The maximum atomic E-state index is 12.4. The molecule has 0 bridgehead atoms. The molecule has 0 unspecified atom stereocenters. The second-order valence-electron chi connectivity index (χ2n) is 6.78. The number of rotatable bonds is 7. The molecule has 2 aromatic carbocycles. The van der Waals surface area contributed by atoms with E-state index in [0.717, 1.165) is 11.1 Å². The summed E-state index contributed by atoms with van der Waals surface area (Å²) < 4.78 is 4.96. The predicted molar refractivity (Wildman–Crippen MR) is 111 cm³/mol. The Morgan fingerprint density at radius 3 is 2.53 bits per heavy atom. The molecular formula is C20H17ClN4O7. The van der Waals surface area contributed by atoms with Crippen molar-refractivity contribution in [3.8, 4) is 0 Å². The molecule has 1 aliphatic heterocycles. The van der Waals surface area contributed by atoms with Crippen LogP contribution in [0.3, 0.4) is 0 Å². The standard InChI is InChI=1S/C20H17ClN4O7/c21-13-5-7-14(8-6-13)22-17(26)11-32-20(29)12-9-18(27)24(10-12)23-19(28)15-3-1-2-4-16(15)25(30)31/h1-8,12H,9-11H2,(H,22,26)(H,23,28)/t12-/m0/s1. The number of carbonyl (C=O) groups excluding carboxylic acids is 4. The molecule has 1 heterocycles. The summed E-state index contributed by atoms with van der Waals surface area (Å²) in [5.41, 5.74) is 2.09. The molecule has 2 N–H and O–H groups in total. The normalized spacial score (nSPS) is 15.2. The van der Waals surface area contributed by atoms with E-state index in [1.54, 1.807) is 24.3 Å². The lowest BCUT2D eigenvalue weighted by atomic mass is 10.1. The highest BCUT2D eigenvalue weighted by Crippen LogP contribution is 2.21. The molecule has 1 aliphatic rings. The van der Waals surface area contributed by atoms with Gasteiger partial charge in [-0.15, -0.1) is 0 Å².